The molecular formula is C17H19NO3. The molecule has 0 saturated carbocycles. The summed E-state index contributed by atoms with van der Waals surface area (Å²) in [5.41, 5.74) is 10.3. The zero-order valence-electron chi connectivity index (χ0n) is 12.3. The number of carbonyl (C=O) groups is 1. The number of anilines is 1. The van der Waals surface area contributed by atoms with Crippen molar-refractivity contribution in [2.45, 2.75) is 6.42 Å². The summed E-state index contributed by atoms with van der Waals surface area (Å²) in [4.78, 5) is 11.0. The van der Waals surface area contributed by atoms with E-state index >= 15 is 0 Å². The van der Waals surface area contributed by atoms with Crippen molar-refractivity contribution in [2.24, 2.45) is 0 Å². The van der Waals surface area contributed by atoms with Gasteiger partial charge in [-0.05, 0) is 30.2 Å². The van der Waals surface area contributed by atoms with E-state index < -0.39 is 0 Å². The fourth-order valence-corrected chi connectivity index (χ4v) is 2.29. The summed E-state index contributed by atoms with van der Waals surface area (Å²) in [5.74, 6) is 0.691. The normalized spacial score (nSPS) is 10.4. The number of methoxy groups -OCH3 is 2. The van der Waals surface area contributed by atoms with Crippen molar-refractivity contribution in [1.29, 1.82) is 0 Å². The van der Waals surface area contributed by atoms with E-state index in [0.717, 1.165) is 29.4 Å². The molecule has 0 aliphatic carbocycles. The van der Waals surface area contributed by atoms with Gasteiger partial charge in [-0.15, -0.1) is 0 Å². The maximum Gasteiger partial charge on any atom is 0.150 e. The van der Waals surface area contributed by atoms with Crippen molar-refractivity contribution in [3.8, 4) is 16.9 Å². The standard InChI is InChI=1S/C17H19NO3/c1-20-9-8-13-4-3-5-14(17(13)18)15-10-12(11-19)6-7-16(15)21-2/h3-7,10-11H,8-9,18H2,1-2H3. The van der Waals surface area contributed by atoms with Gasteiger partial charge in [0.15, 0.2) is 0 Å². The molecule has 4 heteroatoms. The number of ether oxygens (including phenoxy) is 2. The first-order valence-electron chi connectivity index (χ1n) is 6.71. The van der Waals surface area contributed by atoms with E-state index in [1.54, 1.807) is 32.4 Å². The highest BCUT2D eigenvalue weighted by atomic mass is 16.5. The van der Waals surface area contributed by atoms with Crippen LogP contribution >= 0.6 is 0 Å². The number of rotatable bonds is 6. The maximum atomic E-state index is 11.0. The molecule has 0 unspecified atom stereocenters. The predicted molar refractivity (Wildman–Crippen MR) is 83.8 cm³/mol. The quantitative estimate of drug-likeness (QED) is 0.655. The van der Waals surface area contributed by atoms with Crippen LogP contribution < -0.4 is 10.5 Å². The molecule has 0 aliphatic rings. The van der Waals surface area contributed by atoms with Crippen molar-refractivity contribution < 1.29 is 14.3 Å². The summed E-state index contributed by atoms with van der Waals surface area (Å²) in [6.07, 6.45) is 1.56. The molecule has 2 N–H and O–H groups in total. The Balaban J connectivity index is 2.53. The molecule has 2 rings (SSSR count). The number of nitrogen functional groups attached to an aromatic ring is 1. The minimum atomic E-state index is 0.590. The lowest BCUT2D eigenvalue weighted by Gasteiger charge is -2.14. The van der Waals surface area contributed by atoms with Gasteiger partial charge in [0.2, 0.25) is 0 Å². The highest BCUT2D eigenvalue weighted by molar-refractivity contribution is 5.86. The van der Waals surface area contributed by atoms with Crippen molar-refractivity contribution in [2.75, 3.05) is 26.6 Å². The third-order valence-corrected chi connectivity index (χ3v) is 3.42. The van der Waals surface area contributed by atoms with Crippen LogP contribution in [-0.4, -0.2) is 27.1 Å². The maximum absolute atomic E-state index is 11.0. The third kappa shape index (κ3) is 3.23. The molecular weight excluding hydrogens is 266 g/mol. The Kier molecular flexibility index (Phi) is 4.95. The van der Waals surface area contributed by atoms with E-state index in [4.69, 9.17) is 15.2 Å². The fourth-order valence-electron chi connectivity index (χ4n) is 2.29. The van der Waals surface area contributed by atoms with E-state index in [2.05, 4.69) is 0 Å². The van der Waals surface area contributed by atoms with Crippen LogP contribution in [0.15, 0.2) is 36.4 Å². The lowest BCUT2D eigenvalue weighted by molar-refractivity contribution is 0.112. The monoisotopic (exact) mass is 285 g/mol. The number of hydrogen-bond donors (Lipinski definition) is 1. The van der Waals surface area contributed by atoms with Gasteiger partial charge in [-0.3, -0.25) is 4.79 Å². The van der Waals surface area contributed by atoms with Crippen molar-refractivity contribution in [1.82, 2.24) is 0 Å². The van der Waals surface area contributed by atoms with Gasteiger partial charge in [0.25, 0.3) is 0 Å². The van der Waals surface area contributed by atoms with E-state index in [9.17, 15) is 4.79 Å². The van der Waals surface area contributed by atoms with E-state index in [1.165, 1.54) is 0 Å². The van der Waals surface area contributed by atoms with Gasteiger partial charge in [-0.25, -0.2) is 0 Å². The number of nitrogens with two attached hydrogens (primary N) is 1. The van der Waals surface area contributed by atoms with Gasteiger partial charge in [-0.1, -0.05) is 18.2 Å². The molecule has 0 amide bonds. The molecule has 0 heterocycles. The molecule has 0 aromatic heterocycles. The van der Waals surface area contributed by atoms with Crippen molar-refractivity contribution in [3.05, 3.63) is 47.5 Å². The fraction of sp³-hybridized carbons (Fsp3) is 0.235. The SMILES string of the molecule is COCCc1cccc(-c2cc(C=O)ccc2OC)c1N. The van der Waals surface area contributed by atoms with Gasteiger partial charge in [-0.2, -0.15) is 0 Å². The summed E-state index contributed by atoms with van der Waals surface area (Å²) in [5, 5.41) is 0. The molecule has 0 fully saturated rings. The lowest BCUT2D eigenvalue weighted by atomic mass is 9.97. The Morgan fingerprint density at radius 1 is 1.14 bits per heavy atom. The smallest absolute Gasteiger partial charge is 0.150 e. The summed E-state index contributed by atoms with van der Waals surface area (Å²) in [6.45, 7) is 0.610. The van der Waals surface area contributed by atoms with Crippen LogP contribution in [0.3, 0.4) is 0 Å². The number of hydrogen-bond acceptors (Lipinski definition) is 4. The topological polar surface area (TPSA) is 61.5 Å². The lowest BCUT2D eigenvalue weighted by Crippen LogP contribution is -2.02. The average Bonchev–Trinajstić information content (AvgIpc) is 2.53. The summed E-state index contributed by atoms with van der Waals surface area (Å²) in [7, 11) is 3.26. The van der Waals surface area contributed by atoms with Gasteiger partial charge in [0.05, 0.1) is 13.7 Å². The van der Waals surface area contributed by atoms with Crippen molar-refractivity contribution >= 4 is 12.0 Å². The summed E-state index contributed by atoms with van der Waals surface area (Å²) < 4.78 is 10.5. The molecule has 0 atom stereocenters. The van der Waals surface area contributed by atoms with Crippen LogP contribution in [0.1, 0.15) is 15.9 Å². The second kappa shape index (κ2) is 6.90. The Hall–Kier alpha value is -2.33. The Labute approximate surface area is 124 Å². The Bertz CT molecular complexity index is 638. The molecule has 0 radical (unpaired) electrons. The minimum absolute atomic E-state index is 0.590. The molecule has 4 nitrogen and oxygen atoms in total. The second-order valence-corrected chi connectivity index (χ2v) is 4.70. The van der Waals surface area contributed by atoms with E-state index in [0.29, 0.717) is 23.6 Å². The molecule has 0 saturated heterocycles. The van der Waals surface area contributed by atoms with E-state index in [-0.39, 0.29) is 0 Å². The average molecular weight is 285 g/mol. The van der Waals surface area contributed by atoms with Crippen LogP contribution in [0.2, 0.25) is 0 Å². The molecule has 0 bridgehead atoms. The number of aldehydes is 1. The van der Waals surface area contributed by atoms with Gasteiger partial charge < -0.3 is 15.2 Å². The largest absolute Gasteiger partial charge is 0.496 e. The molecule has 0 aliphatic heterocycles. The zero-order chi connectivity index (χ0) is 15.2. The van der Waals surface area contributed by atoms with Gasteiger partial charge in [0.1, 0.15) is 12.0 Å². The second-order valence-electron chi connectivity index (χ2n) is 4.70. The van der Waals surface area contributed by atoms with Gasteiger partial charge in [0, 0.05) is 29.5 Å². The third-order valence-electron chi connectivity index (χ3n) is 3.42. The highest BCUT2D eigenvalue weighted by Crippen LogP contribution is 2.35. The minimum Gasteiger partial charge on any atom is -0.496 e. The number of para-hydroxylation sites is 1. The highest BCUT2D eigenvalue weighted by Gasteiger charge is 2.12. The van der Waals surface area contributed by atoms with E-state index in [1.807, 2.05) is 18.2 Å². The number of carbonyl (C=O) groups excluding carboxylic acids is 1. The van der Waals surface area contributed by atoms with Crippen LogP contribution in [0.5, 0.6) is 5.75 Å². The predicted octanol–water partition coefficient (Wildman–Crippen LogP) is 2.95. The van der Waals surface area contributed by atoms with Crippen molar-refractivity contribution in [3.63, 3.8) is 0 Å². The van der Waals surface area contributed by atoms with Crippen LogP contribution in [0.25, 0.3) is 11.1 Å². The number of benzene rings is 2. The van der Waals surface area contributed by atoms with Crippen LogP contribution in [-0.2, 0) is 11.2 Å². The zero-order valence-corrected chi connectivity index (χ0v) is 12.3. The molecule has 21 heavy (non-hydrogen) atoms. The van der Waals surface area contributed by atoms with Gasteiger partial charge >= 0.3 is 0 Å². The Morgan fingerprint density at radius 2 is 1.95 bits per heavy atom. The first kappa shape index (κ1) is 15.1. The van der Waals surface area contributed by atoms with Crippen LogP contribution in [0.4, 0.5) is 5.69 Å². The molecule has 110 valence electrons. The first-order valence-corrected chi connectivity index (χ1v) is 6.71. The van der Waals surface area contributed by atoms with Crippen LogP contribution in [0, 0.1) is 0 Å². The summed E-state index contributed by atoms with van der Waals surface area (Å²) >= 11 is 0. The molecule has 2 aromatic carbocycles. The summed E-state index contributed by atoms with van der Waals surface area (Å²) in [6, 6.07) is 11.1. The Morgan fingerprint density at radius 3 is 2.62 bits per heavy atom. The first-order chi connectivity index (χ1) is 10.2. The molecule has 2 aromatic rings. The molecule has 0 spiro atoms.